The maximum atomic E-state index is 12.8. The third kappa shape index (κ3) is 3.40. The first-order chi connectivity index (χ1) is 9.32. The molecule has 20 heavy (non-hydrogen) atoms. The molecule has 0 aliphatic heterocycles. The number of hydrogen-bond donors (Lipinski definition) is 1. The average molecular weight is 289 g/mol. The van der Waals surface area contributed by atoms with Crippen LogP contribution in [0.1, 0.15) is 17.2 Å². The van der Waals surface area contributed by atoms with Crippen molar-refractivity contribution in [3.8, 4) is 0 Å². The van der Waals surface area contributed by atoms with Gasteiger partial charge in [0.15, 0.2) is 6.04 Å². The molecule has 0 aromatic heterocycles. The Morgan fingerprint density at radius 1 is 1.45 bits per heavy atom. The number of ether oxygens (including phenoxy) is 1. The van der Waals surface area contributed by atoms with Gasteiger partial charge in [-0.15, -0.1) is 0 Å². The van der Waals surface area contributed by atoms with E-state index in [1.165, 1.54) is 6.07 Å². The van der Waals surface area contributed by atoms with Gasteiger partial charge in [-0.25, -0.2) is 0 Å². The third-order valence-electron chi connectivity index (χ3n) is 2.50. The first-order valence-electron chi connectivity index (χ1n) is 5.29. The summed E-state index contributed by atoms with van der Waals surface area (Å²) in [5.74, 6) is -1.13. The number of benzene rings is 1. The summed E-state index contributed by atoms with van der Waals surface area (Å²) in [7, 11) is 0.963. The van der Waals surface area contributed by atoms with E-state index in [0.29, 0.717) is 0 Å². The van der Waals surface area contributed by atoms with E-state index in [-0.39, 0.29) is 0 Å². The monoisotopic (exact) mass is 289 g/mol. The predicted octanol–water partition coefficient (Wildman–Crippen LogP) is 2.59. The number of esters is 1. The quantitative estimate of drug-likeness (QED) is 0.399. The van der Waals surface area contributed by atoms with Crippen LogP contribution in [0.4, 0.5) is 13.2 Å². The van der Waals surface area contributed by atoms with Crippen LogP contribution < -0.4 is 0 Å². The van der Waals surface area contributed by atoms with E-state index in [0.717, 1.165) is 25.3 Å². The minimum absolute atomic E-state index is 0.567. The number of hydrogen-bond acceptors (Lipinski definition) is 4. The molecule has 0 spiro atoms. The number of alkyl halides is 3. The molecule has 0 saturated heterocycles. The van der Waals surface area contributed by atoms with Crippen LogP contribution in [0.25, 0.3) is 10.4 Å². The van der Waals surface area contributed by atoms with Crippen molar-refractivity contribution in [2.75, 3.05) is 7.11 Å². The van der Waals surface area contributed by atoms with Gasteiger partial charge in [0.2, 0.25) is 0 Å². The van der Waals surface area contributed by atoms with Crippen LogP contribution in [-0.2, 0) is 15.7 Å². The van der Waals surface area contributed by atoms with Crippen LogP contribution >= 0.6 is 0 Å². The van der Waals surface area contributed by atoms with Crippen LogP contribution in [-0.4, -0.2) is 24.2 Å². The van der Waals surface area contributed by atoms with Crippen LogP contribution in [0.5, 0.6) is 0 Å². The molecule has 9 heteroatoms. The van der Waals surface area contributed by atoms with Gasteiger partial charge >= 0.3 is 12.1 Å². The normalized spacial score (nSPS) is 14.1. The lowest BCUT2D eigenvalue weighted by Crippen LogP contribution is -2.28. The molecule has 6 nitrogen and oxygen atoms in total. The lowest BCUT2D eigenvalue weighted by atomic mass is 9.97. The van der Waals surface area contributed by atoms with Gasteiger partial charge in [-0.05, 0) is 17.2 Å². The molecular formula is C11H10F3N3O3. The average Bonchev–Trinajstić information content (AvgIpc) is 2.42. The molecule has 0 heterocycles. The van der Waals surface area contributed by atoms with Crippen molar-refractivity contribution in [1.29, 1.82) is 0 Å². The number of carbonyl (C=O) groups excluding carboxylic acids is 1. The standard InChI is InChI=1S/C11H10F3N3O3/c1-20-10(19)8(16-17-15)9(18)6-4-2-3-5-7(6)11(12,13)14/h2-5,8-9,18H,1H3/t8-,9-/m0/s1. The molecule has 108 valence electrons. The van der Waals surface area contributed by atoms with E-state index in [1.54, 1.807) is 0 Å². The zero-order valence-electron chi connectivity index (χ0n) is 10.2. The highest BCUT2D eigenvalue weighted by molar-refractivity contribution is 5.77. The van der Waals surface area contributed by atoms with Gasteiger partial charge in [-0.3, -0.25) is 4.79 Å². The van der Waals surface area contributed by atoms with Crippen LogP contribution in [0.3, 0.4) is 0 Å². The van der Waals surface area contributed by atoms with Crippen molar-refractivity contribution in [2.24, 2.45) is 5.11 Å². The molecule has 1 N–H and O–H groups in total. The maximum absolute atomic E-state index is 12.8. The second-order valence-electron chi connectivity index (χ2n) is 3.70. The maximum Gasteiger partial charge on any atom is 0.416 e. The van der Waals surface area contributed by atoms with Crippen molar-refractivity contribution in [3.05, 3.63) is 45.8 Å². The fourth-order valence-corrected chi connectivity index (χ4v) is 1.60. The number of methoxy groups -OCH3 is 1. The Morgan fingerprint density at radius 3 is 2.55 bits per heavy atom. The number of azide groups is 1. The Balaban J connectivity index is 3.29. The minimum atomic E-state index is -4.71. The zero-order chi connectivity index (χ0) is 15.3. The van der Waals surface area contributed by atoms with Crippen LogP contribution in [0.2, 0.25) is 0 Å². The first kappa shape index (κ1) is 15.8. The van der Waals surface area contributed by atoms with Crippen molar-refractivity contribution >= 4 is 5.97 Å². The molecule has 0 unspecified atom stereocenters. The molecule has 0 amide bonds. The number of halogens is 3. The molecule has 0 radical (unpaired) electrons. The van der Waals surface area contributed by atoms with Crippen molar-refractivity contribution < 1.29 is 27.8 Å². The fourth-order valence-electron chi connectivity index (χ4n) is 1.60. The van der Waals surface area contributed by atoms with E-state index in [4.69, 9.17) is 5.53 Å². The highest BCUT2D eigenvalue weighted by atomic mass is 19.4. The molecule has 0 saturated carbocycles. The summed E-state index contributed by atoms with van der Waals surface area (Å²) < 4.78 is 42.7. The second-order valence-corrected chi connectivity index (χ2v) is 3.70. The lowest BCUT2D eigenvalue weighted by molar-refractivity contribution is -0.147. The smallest absolute Gasteiger partial charge is 0.416 e. The van der Waals surface area contributed by atoms with Crippen LogP contribution in [0, 0.1) is 0 Å². The molecule has 0 bridgehead atoms. The Labute approximate surface area is 111 Å². The van der Waals surface area contributed by atoms with Gasteiger partial charge in [0.05, 0.1) is 18.8 Å². The van der Waals surface area contributed by atoms with Gasteiger partial charge in [0.25, 0.3) is 0 Å². The molecule has 0 aliphatic rings. The summed E-state index contributed by atoms with van der Waals surface area (Å²) in [6.45, 7) is 0. The van der Waals surface area contributed by atoms with Crippen molar-refractivity contribution in [2.45, 2.75) is 18.3 Å². The number of rotatable bonds is 4. The van der Waals surface area contributed by atoms with Crippen LogP contribution in [0.15, 0.2) is 29.4 Å². The van der Waals surface area contributed by atoms with E-state index in [9.17, 15) is 23.1 Å². The van der Waals surface area contributed by atoms with E-state index in [1.807, 2.05) is 0 Å². The summed E-state index contributed by atoms with van der Waals surface area (Å²) in [5.41, 5.74) is 6.64. The number of aliphatic hydroxyl groups is 1. The Bertz CT molecular complexity index is 541. The van der Waals surface area contributed by atoms with E-state index < -0.39 is 35.4 Å². The Morgan fingerprint density at radius 2 is 2.05 bits per heavy atom. The summed E-state index contributed by atoms with van der Waals surface area (Å²) >= 11 is 0. The highest BCUT2D eigenvalue weighted by Crippen LogP contribution is 2.36. The number of nitrogens with zero attached hydrogens (tertiary/aromatic N) is 3. The summed E-state index contributed by atoms with van der Waals surface area (Å²) in [6.07, 6.45) is -6.68. The highest BCUT2D eigenvalue weighted by Gasteiger charge is 2.38. The molecule has 2 atom stereocenters. The van der Waals surface area contributed by atoms with Gasteiger partial charge < -0.3 is 9.84 Å². The fraction of sp³-hybridized carbons (Fsp3) is 0.364. The number of aliphatic hydroxyl groups excluding tert-OH is 1. The van der Waals surface area contributed by atoms with Crippen molar-refractivity contribution in [3.63, 3.8) is 0 Å². The van der Waals surface area contributed by atoms with Gasteiger partial charge in [0.1, 0.15) is 0 Å². The second kappa shape index (κ2) is 6.27. The van der Waals surface area contributed by atoms with Gasteiger partial charge in [0, 0.05) is 4.91 Å². The van der Waals surface area contributed by atoms with Crippen molar-refractivity contribution in [1.82, 2.24) is 0 Å². The van der Waals surface area contributed by atoms with Gasteiger partial charge in [-0.2, -0.15) is 13.2 Å². The molecule has 1 aromatic carbocycles. The van der Waals surface area contributed by atoms with Gasteiger partial charge in [-0.1, -0.05) is 23.3 Å². The molecule has 0 fully saturated rings. The molecule has 1 rings (SSSR count). The molecule has 0 aliphatic carbocycles. The predicted molar refractivity (Wildman–Crippen MR) is 61.4 cm³/mol. The largest absolute Gasteiger partial charge is 0.469 e. The summed E-state index contributed by atoms with van der Waals surface area (Å²) in [5, 5.41) is 12.9. The Hall–Kier alpha value is -2.25. The Kier molecular flexibility index (Phi) is 4.95. The lowest BCUT2D eigenvalue weighted by Gasteiger charge is -2.20. The third-order valence-corrected chi connectivity index (χ3v) is 2.50. The zero-order valence-corrected chi connectivity index (χ0v) is 10.2. The summed E-state index contributed by atoms with van der Waals surface area (Å²) in [4.78, 5) is 13.7. The number of carbonyl (C=O) groups is 1. The van der Waals surface area contributed by atoms with E-state index >= 15 is 0 Å². The molecule has 1 aromatic rings. The summed E-state index contributed by atoms with van der Waals surface area (Å²) in [6, 6.07) is 2.35. The topological polar surface area (TPSA) is 95.3 Å². The minimum Gasteiger partial charge on any atom is -0.469 e. The molecular weight excluding hydrogens is 279 g/mol. The van der Waals surface area contributed by atoms with E-state index in [2.05, 4.69) is 14.8 Å². The first-order valence-corrected chi connectivity index (χ1v) is 5.29. The SMILES string of the molecule is COC(=O)[C@@H](N=[N+]=[N-])[C@@H](O)c1ccccc1C(F)(F)F.